The van der Waals surface area contributed by atoms with E-state index in [1.165, 1.54) is 10.5 Å². The molecule has 2 rings (SSSR count). The largest absolute Gasteiger partial charge is 0.351 e. The van der Waals surface area contributed by atoms with E-state index >= 15 is 0 Å². The zero-order chi connectivity index (χ0) is 11.8. The van der Waals surface area contributed by atoms with Gasteiger partial charge in [0.05, 0.1) is 5.25 Å². The predicted molar refractivity (Wildman–Crippen MR) is 67.7 cm³/mol. The van der Waals surface area contributed by atoms with Crippen molar-refractivity contribution in [2.45, 2.75) is 42.9 Å². The molecule has 0 saturated heterocycles. The summed E-state index contributed by atoms with van der Waals surface area (Å²) in [5, 5.41) is 3.07. The van der Waals surface area contributed by atoms with Gasteiger partial charge in [-0.05, 0) is 38.8 Å². The second-order valence-corrected chi connectivity index (χ2v) is 6.40. The molecule has 0 fully saturated rings. The molecule has 0 saturated carbocycles. The van der Waals surface area contributed by atoms with Gasteiger partial charge in [0, 0.05) is 10.4 Å². The quantitative estimate of drug-likeness (QED) is 0.810. The third-order valence-electron chi connectivity index (χ3n) is 2.44. The second-order valence-electron chi connectivity index (χ2n) is 5.16. The maximum Gasteiger partial charge on any atom is 0.234 e. The van der Waals surface area contributed by atoms with E-state index < -0.39 is 0 Å². The minimum atomic E-state index is -0.146. The molecule has 1 aromatic rings. The lowest BCUT2D eigenvalue weighted by atomic mass is 10.1. The monoisotopic (exact) mass is 235 g/mol. The van der Waals surface area contributed by atoms with Crippen LogP contribution in [-0.4, -0.2) is 16.7 Å². The number of hydrogen-bond acceptors (Lipinski definition) is 2. The van der Waals surface area contributed by atoms with Crippen molar-refractivity contribution in [3.8, 4) is 0 Å². The van der Waals surface area contributed by atoms with Gasteiger partial charge in [-0.15, -0.1) is 11.8 Å². The van der Waals surface area contributed by atoms with E-state index in [2.05, 4.69) is 17.4 Å². The molecule has 2 nitrogen and oxygen atoms in total. The lowest BCUT2D eigenvalue weighted by Gasteiger charge is -2.22. The van der Waals surface area contributed by atoms with Crippen molar-refractivity contribution in [2.24, 2.45) is 0 Å². The third kappa shape index (κ3) is 2.59. The van der Waals surface area contributed by atoms with Gasteiger partial charge in [0.25, 0.3) is 0 Å². The number of carbonyl (C=O) groups excluding carboxylic acids is 1. The molecule has 0 aliphatic carbocycles. The summed E-state index contributed by atoms with van der Waals surface area (Å²) in [6.45, 7) is 6.03. The van der Waals surface area contributed by atoms with Crippen LogP contribution in [0.25, 0.3) is 0 Å². The molecule has 1 heterocycles. The summed E-state index contributed by atoms with van der Waals surface area (Å²) >= 11 is 1.67. The number of benzene rings is 1. The number of nitrogens with one attached hydrogen (secondary N) is 1. The highest BCUT2D eigenvalue weighted by Gasteiger charge is 2.29. The first-order valence-electron chi connectivity index (χ1n) is 5.52. The van der Waals surface area contributed by atoms with Gasteiger partial charge in [0.15, 0.2) is 0 Å². The number of rotatable bonds is 1. The van der Waals surface area contributed by atoms with Gasteiger partial charge in [-0.1, -0.05) is 18.2 Å². The summed E-state index contributed by atoms with van der Waals surface area (Å²) < 4.78 is 0. The fourth-order valence-electron chi connectivity index (χ4n) is 1.78. The van der Waals surface area contributed by atoms with Crippen LogP contribution in [0.3, 0.4) is 0 Å². The summed E-state index contributed by atoms with van der Waals surface area (Å²) in [5.74, 6) is 0.147. The number of hydrogen-bond donors (Lipinski definition) is 1. The second kappa shape index (κ2) is 4.13. The van der Waals surface area contributed by atoms with Crippen LogP contribution in [0.2, 0.25) is 0 Å². The van der Waals surface area contributed by atoms with E-state index in [-0.39, 0.29) is 16.7 Å². The summed E-state index contributed by atoms with van der Waals surface area (Å²) in [6, 6.07) is 8.25. The number of fused-ring (bicyclic) bond motifs is 1. The Morgan fingerprint density at radius 2 is 2.06 bits per heavy atom. The Morgan fingerprint density at radius 1 is 1.38 bits per heavy atom. The normalized spacial score (nSPS) is 19.3. The first kappa shape index (κ1) is 11.5. The van der Waals surface area contributed by atoms with Crippen LogP contribution in [0.5, 0.6) is 0 Å². The van der Waals surface area contributed by atoms with E-state index in [1.807, 2.05) is 32.9 Å². The number of thioether (sulfide) groups is 1. The lowest BCUT2D eigenvalue weighted by molar-refractivity contribution is -0.121. The number of amides is 1. The fourth-order valence-corrected chi connectivity index (χ4v) is 2.97. The van der Waals surface area contributed by atoms with Gasteiger partial charge in [0.2, 0.25) is 5.91 Å². The lowest BCUT2D eigenvalue weighted by Crippen LogP contribution is -2.44. The molecule has 0 radical (unpaired) electrons. The van der Waals surface area contributed by atoms with Crippen molar-refractivity contribution < 1.29 is 4.79 Å². The van der Waals surface area contributed by atoms with Crippen molar-refractivity contribution in [3.05, 3.63) is 29.8 Å². The van der Waals surface area contributed by atoms with Gasteiger partial charge < -0.3 is 5.32 Å². The van der Waals surface area contributed by atoms with Crippen LogP contribution in [0.15, 0.2) is 29.2 Å². The summed E-state index contributed by atoms with van der Waals surface area (Å²) in [6.07, 6.45) is 0.850. The summed E-state index contributed by atoms with van der Waals surface area (Å²) in [7, 11) is 0. The van der Waals surface area contributed by atoms with Gasteiger partial charge in [0.1, 0.15) is 0 Å². The molecule has 16 heavy (non-hydrogen) atoms. The van der Waals surface area contributed by atoms with Crippen molar-refractivity contribution >= 4 is 17.7 Å². The minimum absolute atomic E-state index is 0.0385. The highest BCUT2D eigenvalue weighted by atomic mass is 32.2. The highest BCUT2D eigenvalue weighted by molar-refractivity contribution is 8.01. The van der Waals surface area contributed by atoms with Crippen molar-refractivity contribution in [3.63, 3.8) is 0 Å². The summed E-state index contributed by atoms with van der Waals surface area (Å²) in [4.78, 5) is 13.2. The van der Waals surface area contributed by atoms with Crippen LogP contribution < -0.4 is 5.32 Å². The van der Waals surface area contributed by atoms with Crippen molar-refractivity contribution in [1.29, 1.82) is 0 Å². The van der Waals surface area contributed by atoms with E-state index in [0.717, 1.165) is 6.42 Å². The molecule has 1 N–H and O–H groups in total. The fraction of sp³-hybridized carbons (Fsp3) is 0.462. The van der Waals surface area contributed by atoms with Crippen LogP contribution in [0.1, 0.15) is 26.3 Å². The standard InChI is InChI=1S/C13H17NOS/c1-13(2,3)14-12(15)11-8-9-6-4-5-7-10(9)16-11/h4-7,11H,8H2,1-3H3,(H,14,15). The smallest absolute Gasteiger partial charge is 0.234 e. The molecule has 1 unspecified atom stereocenters. The van der Waals surface area contributed by atoms with E-state index in [0.29, 0.717) is 0 Å². The Bertz CT molecular complexity index is 384. The molecule has 1 aliphatic heterocycles. The van der Waals surface area contributed by atoms with Crippen molar-refractivity contribution in [1.82, 2.24) is 5.32 Å². The first-order valence-corrected chi connectivity index (χ1v) is 6.40. The van der Waals surface area contributed by atoms with E-state index in [4.69, 9.17) is 0 Å². The van der Waals surface area contributed by atoms with Crippen LogP contribution in [0, 0.1) is 0 Å². The predicted octanol–water partition coefficient (Wildman–Crippen LogP) is 2.62. The van der Waals surface area contributed by atoms with Crippen LogP contribution in [0.4, 0.5) is 0 Å². The Kier molecular flexibility index (Phi) is 2.98. The van der Waals surface area contributed by atoms with Gasteiger partial charge >= 0.3 is 0 Å². The zero-order valence-electron chi connectivity index (χ0n) is 9.91. The molecule has 1 amide bonds. The van der Waals surface area contributed by atoms with Gasteiger partial charge in [-0.2, -0.15) is 0 Å². The molecule has 3 heteroatoms. The Hall–Kier alpha value is -0.960. The van der Waals surface area contributed by atoms with E-state index in [9.17, 15) is 4.79 Å². The van der Waals surface area contributed by atoms with Gasteiger partial charge in [-0.25, -0.2) is 0 Å². The van der Waals surface area contributed by atoms with Crippen molar-refractivity contribution in [2.75, 3.05) is 0 Å². The molecular weight excluding hydrogens is 218 g/mol. The average molecular weight is 235 g/mol. The number of carbonyl (C=O) groups is 1. The molecular formula is C13H17NOS. The minimum Gasteiger partial charge on any atom is -0.351 e. The Labute approximate surface area is 101 Å². The van der Waals surface area contributed by atoms with Crippen LogP contribution in [-0.2, 0) is 11.2 Å². The molecule has 1 aromatic carbocycles. The molecule has 0 bridgehead atoms. The Morgan fingerprint density at radius 3 is 2.69 bits per heavy atom. The molecule has 1 atom stereocenters. The maximum atomic E-state index is 12.0. The molecule has 0 aromatic heterocycles. The molecule has 0 spiro atoms. The zero-order valence-corrected chi connectivity index (χ0v) is 10.7. The highest BCUT2D eigenvalue weighted by Crippen LogP contribution is 2.36. The Balaban J connectivity index is 2.04. The van der Waals surface area contributed by atoms with E-state index in [1.54, 1.807) is 11.8 Å². The molecule has 86 valence electrons. The average Bonchev–Trinajstić information content (AvgIpc) is 2.58. The SMILES string of the molecule is CC(C)(C)NC(=O)C1Cc2ccccc2S1. The topological polar surface area (TPSA) is 29.1 Å². The maximum absolute atomic E-state index is 12.0. The first-order chi connectivity index (χ1) is 7.46. The van der Waals surface area contributed by atoms with Crippen LogP contribution >= 0.6 is 11.8 Å². The third-order valence-corrected chi connectivity index (χ3v) is 3.76. The molecule has 1 aliphatic rings. The summed E-state index contributed by atoms with van der Waals surface area (Å²) in [5.41, 5.74) is 1.15. The van der Waals surface area contributed by atoms with Gasteiger partial charge in [-0.3, -0.25) is 4.79 Å².